The van der Waals surface area contributed by atoms with Gasteiger partial charge in [-0.3, -0.25) is 0 Å². The SMILES string of the molecule is CC(C)(C)OC(=O)NCCNc1ncc(C2CCCCC2)cn1. The smallest absolute Gasteiger partial charge is 0.407 e. The van der Waals surface area contributed by atoms with E-state index in [1.54, 1.807) is 0 Å². The minimum absolute atomic E-state index is 0.409. The fraction of sp³-hybridized carbons (Fsp3) is 0.706. The van der Waals surface area contributed by atoms with Gasteiger partial charge in [0.15, 0.2) is 0 Å². The van der Waals surface area contributed by atoms with Gasteiger partial charge in [0.1, 0.15) is 5.60 Å². The van der Waals surface area contributed by atoms with Crippen molar-refractivity contribution in [1.82, 2.24) is 15.3 Å². The molecule has 0 unspecified atom stereocenters. The van der Waals surface area contributed by atoms with Gasteiger partial charge in [0.25, 0.3) is 0 Å². The van der Waals surface area contributed by atoms with Crippen molar-refractivity contribution < 1.29 is 9.53 Å². The largest absolute Gasteiger partial charge is 0.444 e. The lowest BCUT2D eigenvalue weighted by Gasteiger charge is -2.21. The highest BCUT2D eigenvalue weighted by atomic mass is 16.6. The zero-order valence-corrected chi connectivity index (χ0v) is 14.4. The third-order valence-corrected chi connectivity index (χ3v) is 3.82. The molecule has 6 nitrogen and oxygen atoms in total. The van der Waals surface area contributed by atoms with Gasteiger partial charge < -0.3 is 15.4 Å². The number of nitrogens with zero attached hydrogens (tertiary/aromatic N) is 2. The zero-order valence-electron chi connectivity index (χ0n) is 14.4. The second-order valence-electron chi connectivity index (χ2n) is 7.03. The summed E-state index contributed by atoms with van der Waals surface area (Å²) in [6, 6.07) is 0. The van der Waals surface area contributed by atoms with E-state index in [4.69, 9.17) is 4.74 Å². The molecule has 6 heteroatoms. The number of alkyl carbamates (subject to hydrolysis) is 1. The number of rotatable bonds is 5. The summed E-state index contributed by atoms with van der Waals surface area (Å²) in [7, 11) is 0. The third-order valence-electron chi connectivity index (χ3n) is 3.82. The maximum atomic E-state index is 11.5. The first-order chi connectivity index (χ1) is 10.9. The van der Waals surface area contributed by atoms with Crippen LogP contribution in [0.5, 0.6) is 0 Å². The Kier molecular flexibility index (Phi) is 6.19. The van der Waals surface area contributed by atoms with E-state index < -0.39 is 11.7 Å². The molecule has 0 bridgehead atoms. The van der Waals surface area contributed by atoms with Gasteiger partial charge in [-0.2, -0.15) is 0 Å². The first kappa shape index (κ1) is 17.5. The number of anilines is 1. The lowest BCUT2D eigenvalue weighted by atomic mass is 9.85. The Hall–Kier alpha value is -1.85. The van der Waals surface area contributed by atoms with Crippen molar-refractivity contribution in [3.63, 3.8) is 0 Å². The molecule has 1 aliphatic rings. The van der Waals surface area contributed by atoms with Gasteiger partial charge in [-0.1, -0.05) is 19.3 Å². The minimum atomic E-state index is -0.477. The first-order valence-electron chi connectivity index (χ1n) is 8.47. The highest BCUT2D eigenvalue weighted by Crippen LogP contribution is 2.31. The molecule has 1 saturated carbocycles. The van der Waals surface area contributed by atoms with Gasteiger partial charge in [-0.25, -0.2) is 14.8 Å². The van der Waals surface area contributed by atoms with Crippen LogP contribution in [0.1, 0.15) is 64.4 Å². The van der Waals surface area contributed by atoms with Gasteiger partial charge in [0, 0.05) is 25.5 Å². The summed E-state index contributed by atoms with van der Waals surface area (Å²) >= 11 is 0. The molecule has 128 valence electrons. The highest BCUT2D eigenvalue weighted by molar-refractivity contribution is 5.67. The van der Waals surface area contributed by atoms with Crippen LogP contribution >= 0.6 is 0 Å². The van der Waals surface area contributed by atoms with Crippen LogP contribution in [0.2, 0.25) is 0 Å². The number of hydrogen-bond donors (Lipinski definition) is 2. The van der Waals surface area contributed by atoms with E-state index in [1.165, 1.54) is 37.7 Å². The van der Waals surface area contributed by atoms with Crippen LogP contribution < -0.4 is 10.6 Å². The lowest BCUT2D eigenvalue weighted by molar-refractivity contribution is 0.0530. The van der Waals surface area contributed by atoms with Crippen LogP contribution in [0.25, 0.3) is 0 Å². The molecular formula is C17H28N4O2. The Labute approximate surface area is 138 Å². The lowest BCUT2D eigenvalue weighted by Crippen LogP contribution is -2.35. The summed E-state index contributed by atoms with van der Waals surface area (Å²) in [6.45, 7) is 6.54. The summed E-state index contributed by atoms with van der Waals surface area (Å²) in [5.41, 5.74) is 0.761. The minimum Gasteiger partial charge on any atom is -0.444 e. The normalized spacial score (nSPS) is 16.0. The van der Waals surface area contributed by atoms with Gasteiger partial charge in [-0.15, -0.1) is 0 Å². The van der Waals surface area contributed by atoms with E-state index >= 15 is 0 Å². The summed E-state index contributed by atoms with van der Waals surface area (Å²) in [5, 5.41) is 5.79. The molecule has 1 aliphatic carbocycles. The summed E-state index contributed by atoms with van der Waals surface area (Å²) in [6.07, 6.45) is 9.89. The quantitative estimate of drug-likeness (QED) is 0.813. The third kappa shape index (κ3) is 6.42. The fourth-order valence-electron chi connectivity index (χ4n) is 2.73. The Morgan fingerprint density at radius 3 is 2.43 bits per heavy atom. The molecule has 1 fully saturated rings. The maximum Gasteiger partial charge on any atom is 0.407 e. The van der Waals surface area contributed by atoms with E-state index in [9.17, 15) is 4.79 Å². The van der Waals surface area contributed by atoms with Crippen LogP contribution in [0.4, 0.5) is 10.7 Å². The molecule has 0 saturated heterocycles. The van der Waals surface area contributed by atoms with Gasteiger partial charge in [0.2, 0.25) is 5.95 Å². The number of hydrogen-bond acceptors (Lipinski definition) is 5. The average Bonchev–Trinajstić information content (AvgIpc) is 2.51. The topological polar surface area (TPSA) is 76.1 Å². The maximum absolute atomic E-state index is 11.5. The molecule has 0 aromatic carbocycles. The molecule has 0 spiro atoms. The fourth-order valence-corrected chi connectivity index (χ4v) is 2.73. The van der Waals surface area contributed by atoms with E-state index in [-0.39, 0.29) is 0 Å². The van der Waals surface area contributed by atoms with Crippen molar-refractivity contribution in [2.24, 2.45) is 0 Å². The number of carbonyl (C=O) groups excluding carboxylic acids is 1. The van der Waals surface area contributed by atoms with E-state index in [0.29, 0.717) is 25.0 Å². The van der Waals surface area contributed by atoms with Gasteiger partial charge in [-0.05, 0) is 45.1 Å². The predicted molar refractivity (Wildman–Crippen MR) is 90.6 cm³/mol. The van der Waals surface area contributed by atoms with Crippen molar-refractivity contribution in [3.8, 4) is 0 Å². The number of carbonyl (C=O) groups is 1. The number of aromatic nitrogens is 2. The van der Waals surface area contributed by atoms with Gasteiger partial charge in [0.05, 0.1) is 0 Å². The van der Waals surface area contributed by atoms with E-state index in [2.05, 4.69) is 20.6 Å². The second-order valence-corrected chi connectivity index (χ2v) is 7.03. The average molecular weight is 320 g/mol. The van der Waals surface area contributed by atoms with Crippen molar-refractivity contribution >= 4 is 12.0 Å². The van der Waals surface area contributed by atoms with Crippen LogP contribution in [0.3, 0.4) is 0 Å². The molecule has 2 N–H and O–H groups in total. The summed E-state index contributed by atoms with van der Waals surface area (Å²) in [5.74, 6) is 1.21. The molecule has 1 aromatic heterocycles. The standard InChI is InChI=1S/C17H28N4O2/c1-17(2,3)23-16(22)19-10-9-18-15-20-11-14(12-21-15)13-7-5-4-6-8-13/h11-13H,4-10H2,1-3H3,(H,19,22)(H,18,20,21). The van der Waals surface area contributed by atoms with Crippen molar-refractivity contribution in [2.45, 2.75) is 64.4 Å². The monoisotopic (exact) mass is 320 g/mol. The number of amides is 1. The number of nitrogens with one attached hydrogen (secondary N) is 2. The molecule has 23 heavy (non-hydrogen) atoms. The van der Waals surface area contributed by atoms with Crippen molar-refractivity contribution in [1.29, 1.82) is 0 Å². The van der Waals surface area contributed by atoms with E-state index in [0.717, 1.165) is 0 Å². The Bertz CT molecular complexity index is 490. The highest BCUT2D eigenvalue weighted by Gasteiger charge is 2.16. The molecule has 2 rings (SSSR count). The van der Waals surface area contributed by atoms with Crippen molar-refractivity contribution in [2.75, 3.05) is 18.4 Å². The molecule has 0 atom stereocenters. The van der Waals surface area contributed by atoms with E-state index in [1.807, 2.05) is 33.2 Å². The molecule has 1 heterocycles. The van der Waals surface area contributed by atoms with Crippen LogP contribution in [-0.2, 0) is 4.74 Å². The molecule has 0 radical (unpaired) electrons. The zero-order chi connectivity index (χ0) is 16.7. The summed E-state index contributed by atoms with van der Waals surface area (Å²) < 4.78 is 5.16. The van der Waals surface area contributed by atoms with Crippen molar-refractivity contribution in [3.05, 3.63) is 18.0 Å². The first-order valence-corrected chi connectivity index (χ1v) is 8.47. The number of ether oxygens (including phenoxy) is 1. The van der Waals surface area contributed by atoms with Crippen LogP contribution in [0.15, 0.2) is 12.4 Å². The second kappa shape index (κ2) is 8.13. The molecular weight excluding hydrogens is 292 g/mol. The molecule has 1 amide bonds. The van der Waals surface area contributed by atoms with Gasteiger partial charge >= 0.3 is 6.09 Å². The van der Waals surface area contributed by atoms with Crippen LogP contribution in [0, 0.1) is 0 Å². The Balaban J connectivity index is 1.69. The Morgan fingerprint density at radius 1 is 1.17 bits per heavy atom. The predicted octanol–water partition coefficient (Wildman–Crippen LogP) is 3.46. The van der Waals surface area contributed by atoms with Crippen LogP contribution in [-0.4, -0.2) is 34.8 Å². The summed E-state index contributed by atoms with van der Waals surface area (Å²) in [4.78, 5) is 20.2. The Morgan fingerprint density at radius 2 is 1.83 bits per heavy atom. The molecule has 1 aromatic rings. The molecule has 0 aliphatic heterocycles.